The van der Waals surface area contributed by atoms with Gasteiger partial charge in [-0.05, 0) is 24.2 Å². The van der Waals surface area contributed by atoms with Crippen LogP contribution in [0, 0.1) is 5.41 Å². The first-order chi connectivity index (χ1) is 6.48. The zero-order chi connectivity index (χ0) is 11.0. The van der Waals surface area contributed by atoms with Gasteiger partial charge in [0.2, 0.25) is 0 Å². The van der Waals surface area contributed by atoms with Crippen molar-refractivity contribution in [2.24, 2.45) is 5.41 Å². The Balaban J connectivity index is 3.85. The number of hydrogen-bond donors (Lipinski definition) is 0. The van der Waals surface area contributed by atoms with E-state index in [1.807, 2.05) is 17.8 Å². The van der Waals surface area contributed by atoms with Crippen molar-refractivity contribution in [3.05, 3.63) is 35.8 Å². The van der Waals surface area contributed by atoms with Gasteiger partial charge >= 0.3 is 0 Å². The van der Waals surface area contributed by atoms with E-state index in [1.165, 1.54) is 5.57 Å². The van der Waals surface area contributed by atoms with Gasteiger partial charge in [-0.2, -0.15) is 0 Å². The Bertz CT molecular complexity index is 216. The van der Waals surface area contributed by atoms with Gasteiger partial charge in [0, 0.05) is 5.75 Å². The minimum atomic E-state index is 0.288. The number of hydrogen-bond acceptors (Lipinski definition) is 1. The first-order valence-electron chi connectivity index (χ1n) is 5.05. The molecule has 0 saturated heterocycles. The van der Waals surface area contributed by atoms with Crippen molar-refractivity contribution >= 4 is 11.8 Å². The van der Waals surface area contributed by atoms with Gasteiger partial charge in [-0.1, -0.05) is 44.6 Å². The Kier molecular flexibility index (Phi) is 6.73. The Morgan fingerprint density at radius 3 is 2.50 bits per heavy atom. The number of thioether (sulfide) groups is 1. The molecule has 80 valence electrons. The van der Waals surface area contributed by atoms with Crippen LogP contribution in [0.25, 0.3) is 0 Å². The zero-order valence-electron chi connectivity index (χ0n) is 9.84. The molecule has 0 unspecified atom stereocenters. The minimum absolute atomic E-state index is 0.288. The van der Waals surface area contributed by atoms with Crippen molar-refractivity contribution in [2.45, 2.75) is 34.1 Å². The summed E-state index contributed by atoms with van der Waals surface area (Å²) in [5, 5.41) is 2.15. The molecule has 0 aromatic heterocycles. The maximum absolute atomic E-state index is 3.69. The molecule has 14 heavy (non-hydrogen) atoms. The molecule has 0 aromatic carbocycles. The second-order valence-corrected chi connectivity index (χ2v) is 5.39. The summed E-state index contributed by atoms with van der Waals surface area (Å²) in [4.78, 5) is 0. The lowest BCUT2D eigenvalue weighted by Gasteiger charge is -2.18. The Hall–Kier alpha value is -0.430. The Labute approximate surface area is 93.2 Å². The van der Waals surface area contributed by atoms with Gasteiger partial charge in [-0.25, -0.2) is 0 Å². The van der Waals surface area contributed by atoms with Crippen LogP contribution in [0.2, 0.25) is 0 Å². The van der Waals surface area contributed by atoms with Crippen LogP contribution in [0.5, 0.6) is 0 Å². The van der Waals surface area contributed by atoms with Crippen molar-refractivity contribution < 1.29 is 0 Å². The van der Waals surface area contributed by atoms with E-state index in [2.05, 4.69) is 51.8 Å². The first kappa shape index (κ1) is 13.6. The SMILES string of the molecule is C=CCCS/C=C/C=C(\C)C(C)(C)C. The highest BCUT2D eigenvalue weighted by Crippen LogP contribution is 2.24. The molecule has 0 saturated carbocycles. The van der Waals surface area contributed by atoms with Gasteiger partial charge in [0.15, 0.2) is 0 Å². The molecule has 0 nitrogen and oxygen atoms in total. The van der Waals surface area contributed by atoms with Gasteiger partial charge in [0.05, 0.1) is 0 Å². The van der Waals surface area contributed by atoms with Crippen LogP contribution >= 0.6 is 11.8 Å². The summed E-state index contributed by atoms with van der Waals surface area (Å²) in [6.07, 6.45) is 7.36. The zero-order valence-corrected chi connectivity index (χ0v) is 10.7. The molecule has 0 aliphatic rings. The van der Waals surface area contributed by atoms with E-state index in [0.29, 0.717) is 0 Å². The quantitative estimate of drug-likeness (QED) is 0.357. The smallest absolute Gasteiger partial charge is 0.000855 e. The normalized spacial score (nSPS) is 13.6. The third kappa shape index (κ3) is 7.02. The standard InChI is InChI=1S/C13H22S/c1-6-7-10-14-11-8-9-12(2)13(3,4)5/h6,8-9,11H,1,7,10H2,2-5H3/b11-8+,12-9+. The third-order valence-corrected chi connectivity index (χ3v) is 2.96. The van der Waals surface area contributed by atoms with Crippen molar-refractivity contribution in [3.63, 3.8) is 0 Å². The average molecular weight is 210 g/mol. The van der Waals surface area contributed by atoms with Crippen LogP contribution in [0.1, 0.15) is 34.1 Å². The summed E-state index contributed by atoms with van der Waals surface area (Å²) >= 11 is 1.83. The molecule has 1 heteroatoms. The summed E-state index contributed by atoms with van der Waals surface area (Å²) in [5.41, 5.74) is 1.70. The number of allylic oxidation sites excluding steroid dienone is 4. The molecule has 0 radical (unpaired) electrons. The highest BCUT2D eigenvalue weighted by molar-refractivity contribution is 8.02. The van der Waals surface area contributed by atoms with Gasteiger partial charge in [-0.3, -0.25) is 0 Å². The van der Waals surface area contributed by atoms with Gasteiger partial charge in [0.25, 0.3) is 0 Å². The molecular weight excluding hydrogens is 188 g/mol. The van der Waals surface area contributed by atoms with Crippen molar-refractivity contribution in [1.82, 2.24) is 0 Å². The van der Waals surface area contributed by atoms with E-state index in [1.54, 1.807) is 0 Å². The molecule has 0 aromatic rings. The van der Waals surface area contributed by atoms with E-state index in [-0.39, 0.29) is 5.41 Å². The van der Waals surface area contributed by atoms with Crippen LogP contribution in [-0.4, -0.2) is 5.75 Å². The number of rotatable bonds is 5. The summed E-state index contributed by atoms with van der Waals surface area (Å²) in [5.74, 6) is 1.13. The van der Waals surface area contributed by atoms with Crippen molar-refractivity contribution in [3.8, 4) is 0 Å². The lowest BCUT2D eigenvalue weighted by molar-refractivity contribution is 0.504. The molecule has 0 rings (SSSR count). The fraction of sp³-hybridized carbons (Fsp3) is 0.538. The third-order valence-electron chi connectivity index (χ3n) is 2.14. The predicted octanol–water partition coefficient (Wildman–Crippen LogP) is 4.80. The average Bonchev–Trinajstić information content (AvgIpc) is 2.09. The second kappa shape index (κ2) is 6.94. The summed E-state index contributed by atoms with van der Waals surface area (Å²) < 4.78 is 0. The van der Waals surface area contributed by atoms with Crippen molar-refractivity contribution in [1.29, 1.82) is 0 Å². The van der Waals surface area contributed by atoms with Gasteiger partial charge in [-0.15, -0.1) is 18.3 Å². The molecule has 0 N–H and O–H groups in total. The lowest BCUT2D eigenvalue weighted by atomic mass is 9.87. The van der Waals surface area contributed by atoms with E-state index in [9.17, 15) is 0 Å². The lowest BCUT2D eigenvalue weighted by Crippen LogP contribution is -2.05. The van der Waals surface area contributed by atoms with E-state index >= 15 is 0 Å². The fourth-order valence-corrected chi connectivity index (χ4v) is 1.34. The van der Waals surface area contributed by atoms with Crippen LogP contribution in [-0.2, 0) is 0 Å². The minimum Gasteiger partial charge on any atom is -0.134 e. The molecular formula is C13H22S. The van der Waals surface area contributed by atoms with E-state index < -0.39 is 0 Å². The van der Waals surface area contributed by atoms with Crippen LogP contribution < -0.4 is 0 Å². The molecule has 0 bridgehead atoms. The topological polar surface area (TPSA) is 0 Å². The summed E-state index contributed by atoms with van der Waals surface area (Å²) in [6, 6.07) is 0. The molecule has 0 atom stereocenters. The maximum Gasteiger partial charge on any atom is 0.000855 e. The first-order valence-corrected chi connectivity index (χ1v) is 6.09. The Morgan fingerprint density at radius 2 is 2.00 bits per heavy atom. The largest absolute Gasteiger partial charge is 0.134 e. The van der Waals surface area contributed by atoms with Crippen LogP contribution in [0.15, 0.2) is 35.8 Å². The fourth-order valence-electron chi connectivity index (χ4n) is 0.709. The molecule has 0 amide bonds. The molecule has 0 fully saturated rings. The van der Waals surface area contributed by atoms with Gasteiger partial charge < -0.3 is 0 Å². The molecule has 0 aliphatic carbocycles. The highest BCUT2D eigenvalue weighted by atomic mass is 32.2. The van der Waals surface area contributed by atoms with Crippen LogP contribution in [0.4, 0.5) is 0 Å². The van der Waals surface area contributed by atoms with E-state index in [4.69, 9.17) is 0 Å². The molecule has 0 heterocycles. The second-order valence-electron chi connectivity index (χ2n) is 4.38. The van der Waals surface area contributed by atoms with E-state index in [0.717, 1.165) is 12.2 Å². The van der Waals surface area contributed by atoms with Crippen LogP contribution in [0.3, 0.4) is 0 Å². The predicted molar refractivity (Wildman–Crippen MR) is 69.6 cm³/mol. The Morgan fingerprint density at radius 1 is 1.36 bits per heavy atom. The highest BCUT2D eigenvalue weighted by Gasteiger charge is 2.10. The molecule has 0 spiro atoms. The maximum atomic E-state index is 3.69. The monoisotopic (exact) mass is 210 g/mol. The summed E-state index contributed by atoms with van der Waals surface area (Å²) in [6.45, 7) is 12.6. The van der Waals surface area contributed by atoms with Crippen molar-refractivity contribution in [2.75, 3.05) is 5.75 Å². The summed E-state index contributed by atoms with van der Waals surface area (Å²) in [7, 11) is 0. The van der Waals surface area contributed by atoms with Gasteiger partial charge in [0.1, 0.15) is 0 Å². The molecule has 0 aliphatic heterocycles.